The quantitative estimate of drug-likeness (QED) is 0.882. The van der Waals surface area contributed by atoms with Gasteiger partial charge in [0.1, 0.15) is 5.76 Å². The summed E-state index contributed by atoms with van der Waals surface area (Å²) in [6.07, 6.45) is 2.82. The first kappa shape index (κ1) is 18.5. The summed E-state index contributed by atoms with van der Waals surface area (Å²) in [5.41, 5.74) is 4.05. The number of amides is 1. The molecule has 0 radical (unpaired) electrons. The summed E-state index contributed by atoms with van der Waals surface area (Å²) < 4.78 is 5.13. The highest BCUT2D eigenvalue weighted by Crippen LogP contribution is 2.24. The Morgan fingerprint density at radius 3 is 2.50 bits per heavy atom. The van der Waals surface area contributed by atoms with E-state index in [0.29, 0.717) is 12.2 Å². The van der Waals surface area contributed by atoms with E-state index in [0.717, 1.165) is 35.8 Å². The Morgan fingerprint density at radius 1 is 1.27 bits per heavy atom. The SMILES string of the molecule is Cc1noc(C)c1CC(=O)N[C@@H](C)c1ccc(N2CCC(C)CC2)cc1. The Balaban J connectivity index is 1.57. The average molecular weight is 355 g/mol. The van der Waals surface area contributed by atoms with Crippen molar-refractivity contribution in [2.75, 3.05) is 18.0 Å². The Kier molecular flexibility index (Phi) is 5.64. The third-order valence-corrected chi connectivity index (χ3v) is 5.44. The third kappa shape index (κ3) is 4.26. The first-order valence-corrected chi connectivity index (χ1v) is 9.50. The van der Waals surface area contributed by atoms with Crippen LogP contribution in [0.3, 0.4) is 0 Å². The van der Waals surface area contributed by atoms with Crippen LogP contribution in [0, 0.1) is 19.8 Å². The molecule has 0 saturated carbocycles. The summed E-state index contributed by atoms with van der Waals surface area (Å²) in [5.74, 6) is 1.53. The smallest absolute Gasteiger partial charge is 0.225 e. The molecular formula is C21H29N3O2. The number of hydrogen-bond donors (Lipinski definition) is 1. The number of aryl methyl sites for hydroxylation is 2. The number of carbonyl (C=O) groups is 1. The standard InChI is InChI=1S/C21H29N3O2/c1-14-9-11-24(12-10-14)19-7-5-18(6-8-19)15(2)22-21(25)13-20-16(3)23-26-17(20)4/h5-8,14-15H,9-13H2,1-4H3,(H,22,25)/t15-/m0/s1. The molecule has 0 aliphatic carbocycles. The van der Waals surface area contributed by atoms with Gasteiger partial charge in [0.15, 0.2) is 0 Å². The van der Waals surface area contributed by atoms with Gasteiger partial charge >= 0.3 is 0 Å². The van der Waals surface area contributed by atoms with E-state index in [2.05, 4.69) is 46.6 Å². The highest BCUT2D eigenvalue weighted by atomic mass is 16.5. The predicted octanol–water partition coefficient (Wildman–Crippen LogP) is 3.95. The number of nitrogens with one attached hydrogen (secondary N) is 1. The van der Waals surface area contributed by atoms with E-state index in [1.54, 1.807) is 0 Å². The van der Waals surface area contributed by atoms with Crippen molar-refractivity contribution >= 4 is 11.6 Å². The zero-order chi connectivity index (χ0) is 18.7. The van der Waals surface area contributed by atoms with Crippen LogP contribution in [0.5, 0.6) is 0 Å². The van der Waals surface area contributed by atoms with Gasteiger partial charge in [-0.2, -0.15) is 0 Å². The lowest BCUT2D eigenvalue weighted by Gasteiger charge is -2.32. The fraction of sp³-hybridized carbons (Fsp3) is 0.524. The fourth-order valence-corrected chi connectivity index (χ4v) is 3.53. The minimum atomic E-state index is -0.0293. The van der Waals surface area contributed by atoms with Crippen molar-refractivity contribution in [1.82, 2.24) is 10.5 Å². The summed E-state index contributed by atoms with van der Waals surface area (Å²) in [7, 11) is 0. The maximum atomic E-state index is 12.4. The van der Waals surface area contributed by atoms with Crippen LogP contribution in [0.25, 0.3) is 0 Å². The van der Waals surface area contributed by atoms with Crippen molar-refractivity contribution < 1.29 is 9.32 Å². The molecule has 1 atom stereocenters. The normalized spacial score (nSPS) is 16.5. The Bertz CT molecular complexity index is 724. The van der Waals surface area contributed by atoms with E-state index < -0.39 is 0 Å². The van der Waals surface area contributed by atoms with E-state index in [1.165, 1.54) is 18.5 Å². The second-order valence-electron chi connectivity index (χ2n) is 7.53. The van der Waals surface area contributed by atoms with Crippen molar-refractivity contribution in [3.8, 4) is 0 Å². The molecule has 1 aromatic carbocycles. The number of aromatic nitrogens is 1. The summed E-state index contributed by atoms with van der Waals surface area (Å²) in [6, 6.07) is 8.55. The lowest BCUT2D eigenvalue weighted by molar-refractivity contribution is -0.121. The van der Waals surface area contributed by atoms with Crippen LogP contribution in [-0.2, 0) is 11.2 Å². The third-order valence-electron chi connectivity index (χ3n) is 5.44. The lowest BCUT2D eigenvalue weighted by Crippen LogP contribution is -2.32. The molecule has 5 nitrogen and oxygen atoms in total. The Labute approximate surface area is 155 Å². The number of carbonyl (C=O) groups excluding carboxylic acids is 1. The maximum Gasteiger partial charge on any atom is 0.225 e. The van der Waals surface area contributed by atoms with Gasteiger partial charge in [0.2, 0.25) is 5.91 Å². The minimum Gasteiger partial charge on any atom is -0.372 e. The van der Waals surface area contributed by atoms with Crippen LogP contribution >= 0.6 is 0 Å². The summed E-state index contributed by atoms with van der Waals surface area (Å²) in [6.45, 7) is 10.3. The van der Waals surface area contributed by atoms with Crippen LogP contribution < -0.4 is 10.2 Å². The molecule has 1 amide bonds. The van der Waals surface area contributed by atoms with E-state index in [4.69, 9.17) is 4.52 Å². The Morgan fingerprint density at radius 2 is 1.92 bits per heavy atom. The van der Waals surface area contributed by atoms with Gasteiger partial charge in [-0.05, 0) is 57.2 Å². The molecule has 0 spiro atoms. The Hall–Kier alpha value is -2.30. The highest BCUT2D eigenvalue weighted by Gasteiger charge is 2.18. The molecular weight excluding hydrogens is 326 g/mol. The summed E-state index contributed by atoms with van der Waals surface area (Å²) in [5, 5.41) is 6.98. The molecule has 1 fully saturated rings. The van der Waals surface area contributed by atoms with Gasteiger partial charge < -0.3 is 14.7 Å². The van der Waals surface area contributed by atoms with Gasteiger partial charge in [-0.1, -0.05) is 24.2 Å². The first-order valence-electron chi connectivity index (χ1n) is 9.50. The number of anilines is 1. The first-order chi connectivity index (χ1) is 12.4. The molecule has 0 unspecified atom stereocenters. The van der Waals surface area contributed by atoms with Crippen molar-refractivity contribution in [2.24, 2.45) is 5.92 Å². The van der Waals surface area contributed by atoms with Crippen LogP contribution in [-0.4, -0.2) is 24.2 Å². The average Bonchev–Trinajstić information content (AvgIpc) is 2.94. The maximum absolute atomic E-state index is 12.4. The number of piperidine rings is 1. The van der Waals surface area contributed by atoms with E-state index in [1.807, 2.05) is 20.8 Å². The van der Waals surface area contributed by atoms with E-state index in [-0.39, 0.29) is 11.9 Å². The fourth-order valence-electron chi connectivity index (χ4n) is 3.53. The van der Waals surface area contributed by atoms with Gasteiger partial charge in [0, 0.05) is 24.3 Å². The summed E-state index contributed by atoms with van der Waals surface area (Å²) >= 11 is 0. The number of rotatable bonds is 5. The molecule has 5 heteroatoms. The zero-order valence-corrected chi connectivity index (χ0v) is 16.2. The molecule has 1 saturated heterocycles. The molecule has 1 aromatic heterocycles. The number of benzene rings is 1. The molecule has 1 N–H and O–H groups in total. The minimum absolute atomic E-state index is 0.0130. The van der Waals surface area contributed by atoms with Crippen LogP contribution in [0.2, 0.25) is 0 Å². The van der Waals surface area contributed by atoms with Crippen LogP contribution in [0.4, 0.5) is 5.69 Å². The van der Waals surface area contributed by atoms with Crippen molar-refractivity contribution in [1.29, 1.82) is 0 Å². The molecule has 2 aromatic rings. The molecule has 26 heavy (non-hydrogen) atoms. The van der Waals surface area contributed by atoms with E-state index >= 15 is 0 Å². The highest BCUT2D eigenvalue weighted by molar-refractivity contribution is 5.79. The van der Waals surface area contributed by atoms with Crippen molar-refractivity contribution in [3.63, 3.8) is 0 Å². The van der Waals surface area contributed by atoms with Crippen molar-refractivity contribution in [3.05, 3.63) is 46.8 Å². The zero-order valence-electron chi connectivity index (χ0n) is 16.2. The molecule has 0 bridgehead atoms. The van der Waals surface area contributed by atoms with Gasteiger partial charge in [-0.25, -0.2) is 0 Å². The number of nitrogens with zero attached hydrogens (tertiary/aromatic N) is 2. The number of hydrogen-bond acceptors (Lipinski definition) is 4. The van der Waals surface area contributed by atoms with Gasteiger partial charge in [-0.3, -0.25) is 4.79 Å². The largest absolute Gasteiger partial charge is 0.372 e. The molecule has 1 aliphatic rings. The predicted molar refractivity (Wildman–Crippen MR) is 103 cm³/mol. The topological polar surface area (TPSA) is 58.4 Å². The second-order valence-corrected chi connectivity index (χ2v) is 7.53. The van der Waals surface area contributed by atoms with E-state index in [9.17, 15) is 4.79 Å². The molecule has 2 heterocycles. The summed E-state index contributed by atoms with van der Waals surface area (Å²) in [4.78, 5) is 14.8. The molecule has 140 valence electrons. The molecule has 3 rings (SSSR count). The van der Waals surface area contributed by atoms with Gasteiger partial charge in [0.05, 0.1) is 18.2 Å². The van der Waals surface area contributed by atoms with Gasteiger partial charge in [0.25, 0.3) is 0 Å². The van der Waals surface area contributed by atoms with Crippen molar-refractivity contribution in [2.45, 2.75) is 53.0 Å². The van der Waals surface area contributed by atoms with Crippen LogP contribution in [0.1, 0.15) is 55.3 Å². The monoisotopic (exact) mass is 355 g/mol. The lowest BCUT2D eigenvalue weighted by atomic mass is 9.98. The molecule has 1 aliphatic heterocycles. The van der Waals surface area contributed by atoms with Gasteiger partial charge in [-0.15, -0.1) is 0 Å². The van der Waals surface area contributed by atoms with Crippen LogP contribution in [0.15, 0.2) is 28.8 Å². The second kappa shape index (κ2) is 7.94.